The number of halogens is 1. The van der Waals surface area contributed by atoms with Crippen LogP contribution in [0.3, 0.4) is 0 Å². The summed E-state index contributed by atoms with van der Waals surface area (Å²) >= 11 is 5.98. The lowest BCUT2D eigenvalue weighted by molar-refractivity contribution is 0.0523. The molecule has 0 amide bonds. The molecule has 1 heterocycles. The summed E-state index contributed by atoms with van der Waals surface area (Å²) in [4.78, 5) is 24.4. The number of aryl methyl sites for hydroxylation is 1. The fraction of sp³-hybridized carbons (Fsp3) is 0.250. The average Bonchev–Trinajstić information content (AvgIpc) is 2.38. The minimum absolute atomic E-state index is 0.208. The number of pyridine rings is 1. The highest BCUT2D eigenvalue weighted by Gasteiger charge is 2.18. The van der Waals surface area contributed by atoms with Gasteiger partial charge in [0, 0.05) is 16.8 Å². The normalized spacial score (nSPS) is 10.5. The van der Waals surface area contributed by atoms with Gasteiger partial charge < -0.3 is 4.74 Å². The van der Waals surface area contributed by atoms with Crippen molar-refractivity contribution in [1.29, 1.82) is 0 Å². The van der Waals surface area contributed by atoms with Crippen molar-refractivity contribution in [3.05, 3.63) is 62.5 Å². The van der Waals surface area contributed by atoms with Crippen LogP contribution in [0.25, 0.3) is 5.69 Å². The lowest BCUT2D eigenvalue weighted by Gasteiger charge is -2.15. The second-order valence-electron chi connectivity index (χ2n) is 4.66. The number of carbonyl (C=O) groups is 1. The van der Waals surface area contributed by atoms with Crippen LogP contribution < -0.4 is 5.56 Å². The van der Waals surface area contributed by atoms with Gasteiger partial charge in [-0.15, -0.1) is 0 Å². The number of rotatable bonds is 3. The Kier molecular flexibility index (Phi) is 4.48. The molecule has 0 N–H and O–H groups in total. The largest absolute Gasteiger partial charge is 0.462 e. The Morgan fingerprint density at radius 1 is 1.29 bits per heavy atom. The zero-order valence-electron chi connectivity index (χ0n) is 12.1. The maximum Gasteiger partial charge on any atom is 0.340 e. The molecule has 21 heavy (non-hydrogen) atoms. The van der Waals surface area contributed by atoms with Gasteiger partial charge in [0.05, 0.1) is 17.9 Å². The van der Waals surface area contributed by atoms with Crippen molar-refractivity contribution in [3.63, 3.8) is 0 Å². The molecule has 0 saturated carbocycles. The monoisotopic (exact) mass is 305 g/mol. The topological polar surface area (TPSA) is 48.3 Å². The molecule has 0 aliphatic rings. The first-order valence-corrected chi connectivity index (χ1v) is 6.99. The third kappa shape index (κ3) is 3.00. The third-order valence-corrected chi connectivity index (χ3v) is 3.43. The third-order valence-electron chi connectivity index (χ3n) is 3.20. The summed E-state index contributed by atoms with van der Waals surface area (Å²) in [5.74, 6) is -0.428. The summed E-state index contributed by atoms with van der Waals surface area (Å²) in [7, 11) is 0. The number of esters is 1. The number of benzene rings is 1. The van der Waals surface area contributed by atoms with E-state index < -0.39 is 5.97 Å². The number of nitrogens with zero attached hydrogens (tertiary/aromatic N) is 1. The van der Waals surface area contributed by atoms with E-state index in [1.807, 2.05) is 0 Å². The van der Waals surface area contributed by atoms with E-state index >= 15 is 0 Å². The van der Waals surface area contributed by atoms with Crippen LogP contribution in [0.5, 0.6) is 0 Å². The Morgan fingerprint density at radius 2 is 2.00 bits per heavy atom. The summed E-state index contributed by atoms with van der Waals surface area (Å²) in [6, 6.07) is 8.37. The fourth-order valence-electron chi connectivity index (χ4n) is 2.33. The minimum atomic E-state index is -0.428. The molecular formula is C16H16ClNO3. The van der Waals surface area contributed by atoms with E-state index in [0.29, 0.717) is 27.5 Å². The number of hydrogen-bond acceptors (Lipinski definition) is 3. The first-order chi connectivity index (χ1) is 9.95. The van der Waals surface area contributed by atoms with E-state index in [9.17, 15) is 9.59 Å². The molecule has 110 valence electrons. The van der Waals surface area contributed by atoms with Crippen LogP contribution >= 0.6 is 11.6 Å². The van der Waals surface area contributed by atoms with Crippen LogP contribution in [0.4, 0.5) is 0 Å². The molecule has 0 unspecified atom stereocenters. The fourth-order valence-corrected chi connectivity index (χ4v) is 2.52. The molecule has 2 rings (SSSR count). The number of carbonyl (C=O) groups excluding carboxylic acids is 1. The predicted molar refractivity (Wildman–Crippen MR) is 82.5 cm³/mol. The van der Waals surface area contributed by atoms with Crippen LogP contribution in [0.15, 0.2) is 35.1 Å². The van der Waals surface area contributed by atoms with Crippen molar-refractivity contribution in [2.75, 3.05) is 6.61 Å². The van der Waals surface area contributed by atoms with Crippen LogP contribution in [0.1, 0.15) is 28.5 Å². The first kappa shape index (κ1) is 15.3. The van der Waals surface area contributed by atoms with Crippen LogP contribution in [0.2, 0.25) is 5.02 Å². The molecule has 5 heteroatoms. The molecule has 1 aromatic carbocycles. The Balaban J connectivity index is 2.70. The maximum atomic E-state index is 12.3. The van der Waals surface area contributed by atoms with Crippen LogP contribution in [0, 0.1) is 13.8 Å². The van der Waals surface area contributed by atoms with Gasteiger partial charge in [0.25, 0.3) is 5.56 Å². The van der Waals surface area contributed by atoms with Gasteiger partial charge in [-0.05, 0) is 44.5 Å². The highest BCUT2D eigenvalue weighted by atomic mass is 35.5. The molecule has 0 bridgehead atoms. The number of hydrogen-bond donors (Lipinski definition) is 0. The van der Waals surface area contributed by atoms with E-state index in [1.165, 1.54) is 10.6 Å². The Labute approximate surface area is 127 Å². The number of ether oxygens (including phenoxy) is 1. The van der Waals surface area contributed by atoms with Gasteiger partial charge in [0.15, 0.2) is 0 Å². The smallest absolute Gasteiger partial charge is 0.340 e. The van der Waals surface area contributed by atoms with Gasteiger partial charge >= 0.3 is 5.97 Å². The summed E-state index contributed by atoms with van der Waals surface area (Å²) in [5, 5.41) is 0.525. The Morgan fingerprint density at radius 3 is 2.62 bits per heavy atom. The first-order valence-electron chi connectivity index (χ1n) is 6.62. The standard InChI is InChI=1S/C16H16ClNO3/c1-4-21-16(20)15-10(2)8-14(19)18(11(15)3)13-7-5-6-12(17)9-13/h5-9H,4H2,1-3H3. The second kappa shape index (κ2) is 6.14. The van der Waals surface area contributed by atoms with E-state index in [4.69, 9.17) is 16.3 Å². The van der Waals surface area contributed by atoms with Crippen molar-refractivity contribution in [3.8, 4) is 5.69 Å². The molecule has 2 aromatic rings. The maximum absolute atomic E-state index is 12.3. The zero-order valence-corrected chi connectivity index (χ0v) is 12.9. The summed E-state index contributed by atoms with van der Waals surface area (Å²) in [6.07, 6.45) is 0. The molecule has 0 atom stereocenters. The highest BCUT2D eigenvalue weighted by molar-refractivity contribution is 6.30. The SMILES string of the molecule is CCOC(=O)c1c(C)cc(=O)n(-c2cccc(Cl)c2)c1C. The molecule has 1 aromatic heterocycles. The molecule has 0 aliphatic carbocycles. The molecule has 0 saturated heterocycles. The summed E-state index contributed by atoms with van der Waals surface area (Å²) < 4.78 is 6.53. The average molecular weight is 306 g/mol. The summed E-state index contributed by atoms with van der Waals surface area (Å²) in [5.41, 5.74) is 1.97. The molecular weight excluding hydrogens is 290 g/mol. The van der Waals surface area contributed by atoms with E-state index in [0.717, 1.165) is 0 Å². The van der Waals surface area contributed by atoms with Crippen molar-refractivity contribution >= 4 is 17.6 Å². The summed E-state index contributed by atoms with van der Waals surface area (Å²) in [6.45, 7) is 5.48. The molecule has 0 radical (unpaired) electrons. The van der Waals surface area contributed by atoms with Crippen molar-refractivity contribution in [1.82, 2.24) is 4.57 Å². The molecule has 0 aliphatic heterocycles. The minimum Gasteiger partial charge on any atom is -0.462 e. The Bertz CT molecular complexity index is 750. The van der Waals surface area contributed by atoms with Gasteiger partial charge in [-0.25, -0.2) is 4.79 Å². The second-order valence-corrected chi connectivity index (χ2v) is 5.10. The van der Waals surface area contributed by atoms with Gasteiger partial charge in [0.2, 0.25) is 0 Å². The van der Waals surface area contributed by atoms with Crippen molar-refractivity contribution in [2.24, 2.45) is 0 Å². The Hall–Kier alpha value is -2.07. The molecule has 0 spiro atoms. The van der Waals surface area contributed by atoms with Crippen LogP contribution in [-0.2, 0) is 4.74 Å². The van der Waals surface area contributed by atoms with Gasteiger partial charge in [-0.2, -0.15) is 0 Å². The van der Waals surface area contributed by atoms with Gasteiger partial charge in [0.1, 0.15) is 0 Å². The van der Waals surface area contributed by atoms with Gasteiger partial charge in [-0.1, -0.05) is 17.7 Å². The van der Waals surface area contributed by atoms with E-state index in [-0.39, 0.29) is 12.2 Å². The number of aromatic nitrogens is 1. The van der Waals surface area contributed by atoms with Gasteiger partial charge in [-0.3, -0.25) is 9.36 Å². The van der Waals surface area contributed by atoms with Crippen LogP contribution in [-0.4, -0.2) is 17.1 Å². The molecule has 0 fully saturated rings. The van der Waals surface area contributed by atoms with E-state index in [1.54, 1.807) is 45.0 Å². The van der Waals surface area contributed by atoms with Crippen molar-refractivity contribution in [2.45, 2.75) is 20.8 Å². The van der Waals surface area contributed by atoms with E-state index in [2.05, 4.69) is 0 Å². The molecule has 4 nitrogen and oxygen atoms in total. The quantitative estimate of drug-likeness (QED) is 0.818. The van der Waals surface area contributed by atoms with Crippen molar-refractivity contribution < 1.29 is 9.53 Å². The lowest BCUT2D eigenvalue weighted by atomic mass is 10.1. The zero-order chi connectivity index (χ0) is 15.6. The highest BCUT2D eigenvalue weighted by Crippen LogP contribution is 2.19. The lowest BCUT2D eigenvalue weighted by Crippen LogP contribution is -2.24. The predicted octanol–water partition coefficient (Wildman–Crippen LogP) is 3.28.